The fourth-order valence-electron chi connectivity index (χ4n) is 2.53. The molecule has 1 aromatic rings. The van der Waals surface area contributed by atoms with Crippen LogP contribution in [0.1, 0.15) is 31.4 Å². The van der Waals surface area contributed by atoms with Crippen LogP contribution in [0.15, 0.2) is 18.2 Å². The van der Waals surface area contributed by atoms with Crippen LogP contribution in [0, 0.1) is 6.92 Å². The van der Waals surface area contributed by atoms with Gasteiger partial charge >= 0.3 is 0 Å². The third-order valence-corrected chi connectivity index (χ3v) is 3.65. The number of pyridine rings is 1. The molecule has 0 spiro atoms. The highest BCUT2D eigenvalue weighted by molar-refractivity contribution is 5.86. The zero-order valence-corrected chi connectivity index (χ0v) is 10.7. The summed E-state index contributed by atoms with van der Waals surface area (Å²) >= 11 is 0. The van der Waals surface area contributed by atoms with Crippen molar-refractivity contribution in [2.75, 3.05) is 11.4 Å². The Kier molecular flexibility index (Phi) is 2.94. The minimum absolute atomic E-state index is 0.0279. The number of anilines is 1. The Bertz CT molecular complexity index is 456. The number of rotatable bonds is 3. The maximum Gasteiger partial charge on any atom is 0.242 e. The Morgan fingerprint density at radius 1 is 1.39 bits per heavy atom. The van der Waals surface area contributed by atoms with Gasteiger partial charge in [-0.1, -0.05) is 6.07 Å². The molecule has 2 heterocycles. The van der Waals surface area contributed by atoms with E-state index in [-0.39, 0.29) is 11.9 Å². The van der Waals surface area contributed by atoms with Crippen LogP contribution in [0.25, 0.3) is 0 Å². The average Bonchev–Trinajstić information content (AvgIpc) is 3.03. The van der Waals surface area contributed by atoms with Crippen molar-refractivity contribution in [2.24, 2.45) is 0 Å². The molecule has 18 heavy (non-hydrogen) atoms. The summed E-state index contributed by atoms with van der Waals surface area (Å²) in [6, 6.07) is 6.39. The molecule has 4 nitrogen and oxygen atoms in total. The molecule has 0 bridgehead atoms. The van der Waals surface area contributed by atoms with Gasteiger partial charge < -0.3 is 10.2 Å². The molecule has 2 aliphatic rings. The highest BCUT2D eigenvalue weighted by Crippen LogP contribution is 2.26. The van der Waals surface area contributed by atoms with E-state index in [0.717, 1.165) is 43.7 Å². The van der Waals surface area contributed by atoms with Crippen molar-refractivity contribution in [1.82, 2.24) is 10.3 Å². The molecule has 1 aromatic heterocycles. The van der Waals surface area contributed by atoms with Gasteiger partial charge in [0, 0.05) is 18.3 Å². The highest BCUT2D eigenvalue weighted by Gasteiger charge is 2.34. The van der Waals surface area contributed by atoms with Crippen LogP contribution in [-0.4, -0.2) is 29.5 Å². The van der Waals surface area contributed by atoms with Crippen molar-refractivity contribution in [1.29, 1.82) is 0 Å². The molecule has 1 aliphatic heterocycles. The van der Waals surface area contributed by atoms with Gasteiger partial charge in [0.2, 0.25) is 5.91 Å². The number of carbonyl (C=O) groups is 1. The largest absolute Gasteiger partial charge is 0.352 e. The topological polar surface area (TPSA) is 45.2 Å². The lowest BCUT2D eigenvalue weighted by atomic mass is 10.2. The Labute approximate surface area is 107 Å². The lowest BCUT2D eigenvalue weighted by Gasteiger charge is -2.25. The van der Waals surface area contributed by atoms with Crippen LogP contribution in [0.2, 0.25) is 0 Å². The summed E-state index contributed by atoms with van der Waals surface area (Å²) in [6.45, 7) is 2.91. The van der Waals surface area contributed by atoms with Gasteiger partial charge in [-0.05, 0) is 44.7 Å². The van der Waals surface area contributed by atoms with Gasteiger partial charge in [0.05, 0.1) is 0 Å². The van der Waals surface area contributed by atoms with Gasteiger partial charge in [-0.2, -0.15) is 0 Å². The molecule has 0 aromatic carbocycles. The van der Waals surface area contributed by atoms with Gasteiger partial charge in [-0.15, -0.1) is 0 Å². The summed E-state index contributed by atoms with van der Waals surface area (Å²) in [5.41, 5.74) is 1.00. The van der Waals surface area contributed by atoms with Crippen molar-refractivity contribution in [2.45, 2.75) is 44.7 Å². The van der Waals surface area contributed by atoms with Crippen LogP contribution < -0.4 is 10.2 Å². The van der Waals surface area contributed by atoms with Gasteiger partial charge in [-0.3, -0.25) is 4.79 Å². The second-order valence-corrected chi connectivity index (χ2v) is 5.27. The predicted molar refractivity (Wildman–Crippen MR) is 70.5 cm³/mol. The van der Waals surface area contributed by atoms with Crippen LogP contribution >= 0.6 is 0 Å². The maximum absolute atomic E-state index is 12.2. The molecule has 3 rings (SSSR count). The summed E-state index contributed by atoms with van der Waals surface area (Å²) in [5, 5.41) is 3.10. The molecule has 1 aliphatic carbocycles. The summed E-state index contributed by atoms with van der Waals surface area (Å²) in [5.74, 6) is 1.11. The first-order valence-electron chi connectivity index (χ1n) is 6.75. The van der Waals surface area contributed by atoms with Crippen LogP contribution in [0.5, 0.6) is 0 Å². The molecular weight excluding hydrogens is 226 g/mol. The second-order valence-electron chi connectivity index (χ2n) is 5.27. The standard InChI is InChI=1S/C14H19N3O/c1-10-4-2-6-13(15-10)17-9-3-5-12(17)14(18)16-11-7-8-11/h2,4,6,11-12H,3,5,7-9H2,1H3,(H,16,18). The third-order valence-electron chi connectivity index (χ3n) is 3.65. The van der Waals surface area contributed by atoms with E-state index >= 15 is 0 Å². The molecule has 4 heteroatoms. The summed E-state index contributed by atoms with van der Waals surface area (Å²) < 4.78 is 0. The number of nitrogens with one attached hydrogen (secondary N) is 1. The number of hydrogen-bond donors (Lipinski definition) is 1. The monoisotopic (exact) mass is 245 g/mol. The summed E-state index contributed by atoms with van der Waals surface area (Å²) in [6.07, 6.45) is 4.29. The molecule has 1 atom stereocenters. The zero-order valence-electron chi connectivity index (χ0n) is 10.7. The predicted octanol–water partition coefficient (Wildman–Crippen LogP) is 1.64. The summed E-state index contributed by atoms with van der Waals surface area (Å²) in [7, 11) is 0. The smallest absolute Gasteiger partial charge is 0.242 e. The molecule has 2 fully saturated rings. The number of aromatic nitrogens is 1. The van der Waals surface area contributed by atoms with Crippen LogP contribution in [0.3, 0.4) is 0 Å². The molecule has 1 amide bonds. The van der Waals surface area contributed by atoms with E-state index in [9.17, 15) is 4.79 Å². The van der Waals surface area contributed by atoms with Crippen LogP contribution in [-0.2, 0) is 4.79 Å². The first kappa shape index (κ1) is 11.5. The quantitative estimate of drug-likeness (QED) is 0.880. The Balaban J connectivity index is 1.75. The first-order chi connectivity index (χ1) is 8.74. The summed E-state index contributed by atoms with van der Waals surface area (Å²) in [4.78, 5) is 18.9. The molecule has 1 unspecified atom stereocenters. The van der Waals surface area contributed by atoms with E-state index < -0.39 is 0 Å². The van der Waals surface area contributed by atoms with Crippen molar-refractivity contribution in [3.63, 3.8) is 0 Å². The Morgan fingerprint density at radius 2 is 2.22 bits per heavy atom. The molecule has 1 saturated heterocycles. The van der Waals surface area contributed by atoms with Gasteiger partial charge in [0.25, 0.3) is 0 Å². The Morgan fingerprint density at radius 3 is 2.94 bits per heavy atom. The van der Waals surface area contributed by atoms with E-state index in [0.29, 0.717) is 6.04 Å². The maximum atomic E-state index is 12.2. The van der Waals surface area contributed by atoms with E-state index in [1.165, 1.54) is 0 Å². The fraction of sp³-hybridized carbons (Fsp3) is 0.571. The lowest BCUT2D eigenvalue weighted by Crippen LogP contribution is -2.44. The second kappa shape index (κ2) is 4.59. The van der Waals surface area contributed by atoms with Gasteiger partial charge in [0.15, 0.2) is 0 Å². The van der Waals surface area contributed by atoms with Crippen LogP contribution in [0.4, 0.5) is 5.82 Å². The third kappa shape index (κ3) is 2.33. The molecule has 96 valence electrons. The molecular formula is C14H19N3O. The van der Waals surface area contributed by atoms with E-state index in [1.807, 2.05) is 25.1 Å². The number of nitrogens with zero attached hydrogens (tertiary/aromatic N) is 2. The molecule has 1 saturated carbocycles. The molecule has 1 N–H and O–H groups in total. The fourth-order valence-corrected chi connectivity index (χ4v) is 2.53. The van der Waals surface area contributed by atoms with Gasteiger partial charge in [-0.25, -0.2) is 4.98 Å². The van der Waals surface area contributed by atoms with Crippen molar-refractivity contribution in [3.8, 4) is 0 Å². The Hall–Kier alpha value is -1.58. The van der Waals surface area contributed by atoms with Crippen molar-refractivity contribution in [3.05, 3.63) is 23.9 Å². The average molecular weight is 245 g/mol. The minimum atomic E-state index is -0.0279. The SMILES string of the molecule is Cc1cccc(N2CCCC2C(=O)NC2CC2)n1. The van der Waals surface area contributed by atoms with Gasteiger partial charge in [0.1, 0.15) is 11.9 Å². The van der Waals surface area contributed by atoms with Crippen molar-refractivity contribution >= 4 is 11.7 Å². The number of carbonyl (C=O) groups excluding carboxylic acids is 1. The highest BCUT2D eigenvalue weighted by atomic mass is 16.2. The van der Waals surface area contributed by atoms with Crippen molar-refractivity contribution < 1.29 is 4.79 Å². The van der Waals surface area contributed by atoms with E-state index in [2.05, 4.69) is 15.2 Å². The normalized spacial score (nSPS) is 23.2. The number of hydrogen-bond acceptors (Lipinski definition) is 3. The molecule has 0 radical (unpaired) electrons. The number of aryl methyl sites for hydroxylation is 1. The number of amides is 1. The lowest BCUT2D eigenvalue weighted by molar-refractivity contribution is -0.122. The minimum Gasteiger partial charge on any atom is -0.352 e. The zero-order chi connectivity index (χ0) is 12.5. The van der Waals surface area contributed by atoms with E-state index in [4.69, 9.17) is 0 Å². The van der Waals surface area contributed by atoms with E-state index in [1.54, 1.807) is 0 Å². The first-order valence-corrected chi connectivity index (χ1v) is 6.75.